The van der Waals surface area contributed by atoms with Gasteiger partial charge < -0.3 is 9.55 Å². The highest BCUT2D eigenvalue weighted by Crippen LogP contribution is 2.43. The second kappa shape index (κ2) is 7.00. The van der Waals surface area contributed by atoms with Gasteiger partial charge in [-0.1, -0.05) is 78.8 Å². The Morgan fingerprint density at radius 3 is 2.41 bits per heavy atom. The van der Waals surface area contributed by atoms with Crippen molar-refractivity contribution in [2.45, 2.75) is 0 Å². The van der Waals surface area contributed by atoms with Crippen LogP contribution in [0.3, 0.4) is 0 Å². The topological polar surface area (TPSA) is 20.7 Å². The van der Waals surface area contributed by atoms with Gasteiger partial charge in [-0.25, -0.2) is 0 Å². The quantitative estimate of drug-likeness (QED) is 0.237. The second-order valence-corrected chi connectivity index (χ2v) is 10.8. The van der Waals surface area contributed by atoms with Crippen LogP contribution >= 0.6 is 11.3 Å². The van der Waals surface area contributed by atoms with E-state index in [1.54, 1.807) is 11.3 Å². The molecule has 0 aliphatic carbocycles. The van der Waals surface area contributed by atoms with Crippen molar-refractivity contribution in [2.24, 2.45) is 0 Å². The normalized spacial score (nSPS) is 12.7. The average molecular weight is 490 g/mol. The van der Waals surface area contributed by atoms with Crippen LogP contribution in [0.15, 0.2) is 115 Å². The van der Waals surface area contributed by atoms with Gasteiger partial charge in [-0.2, -0.15) is 0 Å². The summed E-state index contributed by atoms with van der Waals surface area (Å²) in [6, 6.07) is 39.6. The molecule has 172 valence electrons. The molecule has 0 aliphatic heterocycles. The molecular formula is C34H20N2S. The summed E-state index contributed by atoms with van der Waals surface area (Å²) in [5.41, 5.74) is 5.85. The number of aromatic amines is 1. The molecule has 1 N–H and O–H groups in total. The number of benzene rings is 6. The van der Waals surface area contributed by atoms with Crippen LogP contribution in [-0.2, 0) is 0 Å². The number of nitrogens with zero attached hydrogens (tertiary/aromatic N) is 1. The molecule has 0 amide bonds. The molecule has 0 atom stereocenters. The summed E-state index contributed by atoms with van der Waals surface area (Å²) < 4.78 is 13.4. The number of hydrogen-bond donors (Lipinski definition) is 1. The number of aromatic nitrogens is 2. The van der Waals surface area contributed by atoms with E-state index in [4.69, 9.17) is 1.37 Å². The van der Waals surface area contributed by atoms with Crippen molar-refractivity contribution in [3.05, 3.63) is 115 Å². The van der Waals surface area contributed by atoms with Gasteiger partial charge in [0, 0.05) is 48.1 Å². The number of rotatable bonds is 1. The van der Waals surface area contributed by atoms with Crippen molar-refractivity contribution in [1.82, 2.24) is 9.55 Å². The van der Waals surface area contributed by atoms with Gasteiger partial charge in [-0.3, -0.25) is 0 Å². The first-order valence-corrected chi connectivity index (χ1v) is 13.4. The summed E-state index contributed by atoms with van der Waals surface area (Å²) >= 11 is 1.78. The largest absolute Gasteiger partial charge is 0.354 e. The fourth-order valence-corrected chi connectivity index (χ4v) is 7.40. The SMILES string of the molecule is [2H]c1cccc2sc3c(-n4c5cc6[nH]c7ccccc7c6cc5c5c6ccccc6ccc54)cccc3c12. The summed E-state index contributed by atoms with van der Waals surface area (Å²) in [6.07, 6.45) is 0. The molecule has 37 heavy (non-hydrogen) atoms. The third-order valence-corrected chi connectivity index (χ3v) is 9.01. The summed E-state index contributed by atoms with van der Waals surface area (Å²) in [5, 5.41) is 9.74. The van der Waals surface area contributed by atoms with E-state index in [1.165, 1.54) is 48.1 Å². The van der Waals surface area contributed by atoms with E-state index >= 15 is 0 Å². The first-order chi connectivity index (χ1) is 18.8. The zero-order valence-corrected chi connectivity index (χ0v) is 20.6. The summed E-state index contributed by atoms with van der Waals surface area (Å²) in [6.45, 7) is 0. The Kier molecular flexibility index (Phi) is 3.52. The van der Waals surface area contributed by atoms with Crippen molar-refractivity contribution in [1.29, 1.82) is 0 Å². The average Bonchev–Trinajstić information content (AvgIpc) is 3.61. The summed E-state index contributed by atoms with van der Waals surface area (Å²) in [7, 11) is 0. The minimum Gasteiger partial charge on any atom is -0.354 e. The Balaban J connectivity index is 1.52. The van der Waals surface area contributed by atoms with Gasteiger partial charge in [0.25, 0.3) is 0 Å². The van der Waals surface area contributed by atoms with E-state index in [0.717, 1.165) is 32.2 Å². The lowest BCUT2D eigenvalue weighted by Crippen LogP contribution is -1.94. The summed E-state index contributed by atoms with van der Waals surface area (Å²) in [4.78, 5) is 3.66. The number of para-hydroxylation sites is 1. The smallest absolute Gasteiger partial charge is 0.0640 e. The molecule has 3 heteroatoms. The first kappa shape index (κ1) is 18.6. The van der Waals surface area contributed by atoms with Crippen LogP contribution in [-0.4, -0.2) is 9.55 Å². The van der Waals surface area contributed by atoms with Crippen molar-refractivity contribution in [2.75, 3.05) is 0 Å². The fraction of sp³-hybridized carbons (Fsp3) is 0. The van der Waals surface area contributed by atoms with Crippen LogP contribution in [0.4, 0.5) is 0 Å². The van der Waals surface area contributed by atoms with E-state index in [-0.39, 0.29) is 0 Å². The maximum absolute atomic E-state index is 8.60. The molecule has 0 fully saturated rings. The van der Waals surface area contributed by atoms with E-state index in [2.05, 4.69) is 107 Å². The molecule has 0 spiro atoms. The Morgan fingerprint density at radius 1 is 0.595 bits per heavy atom. The van der Waals surface area contributed by atoms with Gasteiger partial charge >= 0.3 is 0 Å². The zero-order valence-electron chi connectivity index (χ0n) is 20.7. The molecule has 2 nitrogen and oxygen atoms in total. The molecule has 0 unspecified atom stereocenters. The molecule has 9 rings (SSSR count). The highest BCUT2D eigenvalue weighted by molar-refractivity contribution is 7.26. The number of thiophene rings is 1. The lowest BCUT2D eigenvalue weighted by atomic mass is 10.0. The highest BCUT2D eigenvalue weighted by atomic mass is 32.1. The molecule has 0 aliphatic rings. The third-order valence-electron chi connectivity index (χ3n) is 7.82. The number of H-pyrrole nitrogens is 1. The van der Waals surface area contributed by atoms with E-state index in [0.29, 0.717) is 6.04 Å². The fourth-order valence-electron chi connectivity index (χ4n) is 6.22. The molecular weight excluding hydrogens is 468 g/mol. The van der Waals surface area contributed by atoms with Crippen LogP contribution < -0.4 is 0 Å². The van der Waals surface area contributed by atoms with E-state index in [9.17, 15) is 0 Å². The van der Waals surface area contributed by atoms with Crippen LogP contribution in [0.1, 0.15) is 1.37 Å². The van der Waals surface area contributed by atoms with Gasteiger partial charge in [-0.15, -0.1) is 11.3 Å². The van der Waals surface area contributed by atoms with Crippen LogP contribution in [0.2, 0.25) is 0 Å². The lowest BCUT2D eigenvalue weighted by molar-refractivity contribution is 1.20. The first-order valence-electron chi connectivity index (χ1n) is 13.0. The van der Waals surface area contributed by atoms with Gasteiger partial charge in [0.1, 0.15) is 0 Å². The molecule has 3 heterocycles. The van der Waals surface area contributed by atoms with Crippen LogP contribution in [0.5, 0.6) is 0 Å². The maximum atomic E-state index is 8.60. The molecule has 3 aromatic heterocycles. The molecule has 9 aromatic rings. The minimum atomic E-state index is 0.582. The molecule has 0 radical (unpaired) electrons. The van der Waals surface area contributed by atoms with Crippen molar-refractivity contribution in [3.8, 4) is 5.69 Å². The third kappa shape index (κ3) is 2.54. The Bertz CT molecular complexity index is 2420. The zero-order chi connectivity index (χ0) is 25.0. The number of nitrogens with one attached hydrogen (secondary N) is 1. The minimum absolute atomic E-state index is 0.582. The number of hydrogen-bond acceptors (Lipinski definition) is 1. The van der Waals surface area contributed by atoms with Gasteiger partial charge in [0.2, 0.25) is 0 Å². The summed E-state index contributed by atoms with van der Waals surface area (Å²) in [5.74, 6) is 0. The predicted octanol–water partition coefficient (Wildman–Crippen LogP) is 9.94. The molecule has 6 aromatic carbocycles. The monoisotopic (exact) mass is 489 g/mol. The Labute approximate surface area is 217 Å². The second-order valence-electron chi connectivity index (χ2n) is 9.77. The standard InChI is InChI=1S/C34H20N2S/c1-2-9-21-20(8-1)16-17-29-33(21)26-18-25-22-10-3-5-13-27(22)35-28(25)19-31(26)36(29)30-14-7-12-24-23-11-4-6-15-32(23)37-34(24)30/h1-19,35H/i11D. The van der Waals surface area contributed by atoms with Crippen molar-refractivity contribution >= 4 is 85.9 Å². The molecule has 0 saturated heterocycles. The van der Waals surface area contributed by atoms with E-state index < -0.39 is 0 Å². The molecule has 0 saturated carbocycles. The maximum Gasteiger partial charge on any atom is 0.0640 e. The highest BCUT2D eigenvalue weighted by Gasteiger charge is 2.19. The Morgan fingerprint density at radius 2 is 1.43 bits per heavy atom. The van der Waals surface area contributed by atoms with Gasteiger partial charge in [-0.05, 0) is 47.2 Å². The Hall–Kier alpha value is -4.60. The lowest BCUT2D eigenvalue weighted by Gasteiger charge is -2.10. The number of fused-ring (bicyclic) bond motifs is 11. The van der Waals surface area contributed by atoms with Crippen molar-refractivity contribution < 1.29 is 1.37 Å². The van der Waals surface area contributed by atoms with E-state index in [1.807, 2.05) is 12.1 Å². The van der Waals surface area contributed by atoms with Gasteiger partial charge in [0.05, 0.1) is 22.8 Å². The van der Waals surface area contributed by atoms with Gasteiger partial charge in [0.15, 0.2) is 0 Å². The predicted molar refractivity (Wildman–Crippen MR) is 161 cm³/mol. The van der Waals surface area contributed by atoms with Crippen LogP contribution in [0.25, 0.3) is 80.2 Å². The van der Waals surface area contributed by atoms with Crippen LogP contribution in [0, 0.1) is 0 Å². The van der Waals surface area contributed by atoms with Crippen molar-refractivity contribution in [3.63, 3.8) is 0 Å². The molecule has 0 bridgehead atoms.